The number of fused-ring (bicyclic) bond motifs is 1. The molecule has 2 aliphatic heterocycles. The third-order valence-corrected chi connectivity index (χ3v) is 7.06. The normalized spacial score (nSPS) is 32.1. The van der Waals surface area contributed by atoms with Crippen LogP contribution in [-0.2, 0) is 10.0 Å². The fraction of sp³-hybridized carbons (Fsp3) is 0.571. The number of nitro groups is 1. The van der Waals surface area contributed by atoms with Gasteiger partial charge in [-0.3, -0.25) is 10.1 Å². The molecule has 1 aromatic carbocycles. The minimum absolute atomic E-state index is 0.149. The van der Waals surface area contributed by atoms with E-state index in [-0.39, 0.29) is 21.4 Å². The Balaban J connectivity index is 2.01. The van der Waals surface area contributed by atoms with Crippen molar-refractivity contribution >= 4 is 15.7 Å². The van der Waals surface area contributed by atoms with Crippen LogP contribution in [0, 0.1) is 20.9 Å². The lowest BCUT2D eigenvalue weighted by Gasteiger charge is -2.30. The summed E-state index contributed by atoms with van der Waals surface area (Å²) in [5.74, 6) is 0. The quantitative estimate of drug-likeness (QED) is 0.666. The van der Waals surface area contributed by atoms with Crippen molar-refractivity contribution in [3.05, 3.63) is 34.4 Å². The van der Waals surface area contributed by atoms with Crippen LogP contribution in [0.4, 0.5) is 5.69 Å². The van der Waals surface area contributed by atoms with Gasteiger partial charge in [0.1, 0.15) is 0 Å². The zero-order valence-corrected chi connectivity index (χ0v) is 13.4. The molecule has 120 valence electrons. The van der Waals surface area contributed by atoms with Gasteiger partial charge in [-0.2, -0.15) is 4.31 Å². The molecule has 2 fully saturated rings. The van der Waals surface area contributed by atoms with Crippen molar-refractivity contribution in [2.24, 2.45) is 10.8 Å². The first-order valence-corrected chi connectivity index (χ1v) is 8.58. The molecule has 22 heavy (non-hydrogen) atoms. The molecule has 8 heteroatoms. The second kappa shape index (κ2) is 4.74. The van der Waals surface area contributed by atoms with Gasteiger partial charge in [-0.1, -0.05) is 26.0 Å². The van der Waals surface area contributed by atoms with Gasteiger partial charge >= 0.3 is 0 Å². The highest BCUT2D eigenvalue weighted by atomic mass is 32.2. The summed E-state index contributed by atoms with van der Waals surface area (Å²) < 4.78 is 27.2. The van der Waals surface area contributed by atoms with Gasteiger partial charge in [-0.25, -0.2) is 8.42 Å². The molecule has 2 saturated heterocycles. The summed E-state index contributed by atoms with van der Waals surface area (Å²) in [4.78, 5) is 10.3. The van der Waals surface area contributed by atoms with Gasteiger partial charge in [0, 0.05) is 43.1 Å². The second-order valence-corrected chi connectivity index (χ2v) is 8.63. The number of sulfonamides is 1. The van der Waals surface area contributed by atoms with E-state index in [2.05, 4.69) is 19.2 Å². The molecule has 0 bridgehead atoms. The van der Waals surface area contributed by atoms with Crippen LogP contribution in [0.25, 0.3) is 0 Å². The lowest BCUT2D eigenvalue weighted by Crippen LogP contribution is -2.34. The van der Waals surface area contributed by atoms with Crippen LogP contribution < -0.4 is 5.32 Å². The van der Waals surface area contributed by atoms with Crippen LogP contribution in [0.3, 0.4) is 0 Å². The van der Waals surface area contributed by atoms with Gasteiger partial charge in [0.15, 0.2) is 4.90 Å². The van der Waals surface area contributed by atoms with E-state index in [1.165, 1.54) is 28.6 Å². The van der Waals surface area contributed by atoms with E-state index in [1.54, 1.807) is 0 Å². The first-order chi connectivity index (χ1) is 10.2. The van der Waals surface area contributed by atoms with E-state index in [4.69, 9.17) is 0 Å². The fourth-order valence-electron chi connectivity index (χ4n) is 3.50. The average Bonchev–Trinajstić information content (AvgIpc) is 2.87. The Hall–Kier alpha value is -1.51. The summed E-state index contributed by atoms with van der Waals surface area (Å²) in [6.45, 7) is 6.42. The second-order valence-electron chi connectivity index (χ2n) is 6.72. The molecule has 7 nitrogen and oxygen atoms in total. The number of benzene rings is 1. The monoisotopic (exact) mass is 325 g/mol. The number of hydrogen-bond donors (Lipinski definition) is 1. The Kier molecular flexibility index (Phi) is 3.32. The van der Waals surface area contributed by atoms with Gasteiger partial charge < -0.3 is 5.32 Å². The summed E-state index contributed by atoms with van der Waals surface area (Å²) in [5, 5.41) is 14.4. The van der Waals surface area contributed by atoms with Gasteiger partial charge in [-0.05, 0) is 6.07 Å². The fourth-order valence-corrected chi connectivity index (χ4v) is 5.35. The number of rotatable bonds is 3. The minimum Gasteiger partial charge on any atom is -0.316 e. The predicted molar refractivity (Wildman–Crippen MR) is 80.9 cm³/mol. The Morgan fingerprint density at radius 1 is 1.18 bits per heavy atom. The molecule has 2 aliphatic rings. The molecule has 0 unspecified atom stereocenters. The molecule has 0 radical (unpaired) electrons. The molecule has 0 saturated carbocycles. The molecular formula is C14H19N3O4S. The van der Waals surface area contributed by atoms with E-state index in [0.717, 1.165) is 13.1 Å². The first-order valence-electron chi connectivity index (χ1n) is 7.14. The lowest BCUT2D eigenvalue weighted by atomic mass is 9.71. The van der Waals surface area contributed by atoms with Crippen molar-refractivity contribution in [3.8, 4) is 0 Å². The average molecular weight is 325 g/mol. The number of nitrogens with zero attached hydrogens (tertiary/aromatic N) is 2. The molecule has 3 rings (SSSR count). The summed E-state index contributed by atoms with van der Waals surface area (Å²) in [6, 6.07) is 5.53. The Bertz CT molecular complexity index is 717. The maximum atomic E-state index is 12.9. The van der Waals surface area contributed by atoms with Gasteiger partial charge in [0.05, 0.1) is 4.92 Å². The number of hydrogen-bond acceptors (Lipinski definition) is 5. The van der Waals surface area contributed by atoms with Crippen molar-refractivity contribution in [3.63, 3.8) is 0 Å². The highest BCUT2D eigenvalue weighted by molar-refractivity contribution is 7.89. The molecule has 0 aromatic heterocycles. The predicted octanol–water partition coefficient (Wildman–Crippen LogP) is 1.21. The zero-order chi connectivity index (χ0) is 16.2. The molecule has 0 spiro atoms. The molecule has 2 heterocycles. The van der Waals surface area contributed by atoms with Gasteiger partial charge in [-0.15, -0.1) is 0 Å². The number of para-hydroxylation sites is 1. The van der Waals surface area contributed by atoms with Crippen molar-refractivity contribution < 1.29 is 13.3 Å². The van der Waals surface area contributed by atoms with Crippen molar-refractivity contribution in [1.82, 2.24) is 9.62 Å². The largest absolute Gasteiger partial charge is 0.316 e. The minimum atomic E-state index is -3.87. The molecule has 0 aliphatic carbocycles. The summed E-state index contributed by atoms with van der Waals surface area (Å²) in [5.41, 5.74) is -0.666. The molecule has 2 atom stereocenters. The molecular weight excluding hydrogens is 306 g/mol. The smallest absolute Gasteiger partial charge is 0.289 e. The standard InChI is InChI=1S/C14H19N3O4S/c1-13-7-15-8-14(13,2)10-16(9-13)22(20,21)12-6-4-3-5-11(12)17(18)19/h3-6,15H,7-10H2,1-2H3/t13-,14+. The Labute approximate surface area is 129 Å². The maximum absolute atomic E-state index is 12.9. The van der Waals surface area contributed by atoms with Crippen LogP contribution in [0.1, 0.15) is 13.8 Å². The third-order valence-electron chi connectivity index (χ3n) is 5.22. The van der Waals surface area contributed by atoms with Crippen molar-refractivity contribution in [2.45, 2.75) is 18.7 Å². The highest BCUT2D eigenvalue weighted by Gasteiger charge is 2.57. The summed E-state index contributed by atoms with van der Waals surface area (Å²) >= 11 is 0. The van der Waals surface area contributed by atoms with Gasteiger partial charge in [0.2, 0.25) is 10.0 Å². The van der Waals surface area contributed by atoms with Crippen LogP contribution >= 0.6 is 0 Å². The lowest BCUT2D eigenvalue weighted by molar-refractivity contribution is -0.387. The van der Waals surface area contributed by atoms with Crippen LogP contribution in [0.15, 0.2) is 29.2 Å². The Morgan fingerprint density at radius 2 is 1.73 bits per heavy atom. The molecule has 0 amide bonds. The topological polar surface area (TPSA) is 92.6 Å². The van der Waals surface area contributed by atoms with E-state index >= 15 is 0 Å². The molecule has 1 aromatic rings. The van der Waals surface area contributed by atoms with E-state index in [9.17, 15) is 18.5 Å². The number of nitrogens with one attached hydrogen (secondary N) is 1. The first kappa shape index (κ1) is 15.4. The van der Waals surface area contributed by atoms with Crippen molar-refractivity contribution in [1.29, 1.82) is 0 Å². The van der Waals surface area contributed by atoms with Crippen LogP contribution in [0.5, 0.6) is 0 Å². The van der Waals surface area contributed by atoms with Gasteiger partial charge in [0.25, 0.3) is 5.69 Å². The maximum Gasteiger partial charge on any atom is 0.289 e. The van der Waals surface area contributed by atoms with E-state index < -0.39 is 14.9 Å². The third kappa shape index (κ3) is 2.05. The SMILES string of the molecule is C[C@@]12CNC[C@]1(C)CN(S(=O)(=O)c1ccccc1[N+](=O)[O-])C2. The van der Waals surface area contributed by atoms with E-state index in [1.807, 2.05) is 0 Å². The Morgan fingerprint density at radius 3 is 2.27 bits per heavy atom. The molecule has 1 N–H and O–H groups in total. The summed E-state index contributed by atoms with van der Waals surface area (Å²) in [6.07, 6.45) is 0. The van der Waals surface area contributed by atoms with Crippen molar-refractivity contribution in [2.75, 3.05) is 26.2 Å². The summed E-state index contributed by atoms with van der Waals surface area (Å²) in [7, 11) is -3.87. The van der Waals surface area contributed by atoms with E-state index in [0.29, 0.717) is 13.1 Å². The zero-order valence-electron chi connectivity index (χ0n) is 12.6. The highest BCUT2D eigenvalue weighted by Crippen LogP contribution is 2.50. The number of nitro benzene ring substituents is 1. The van der Waals surface area contributed by atoms with Crippen LogP contribution in [0.2, 0.25) is 0 Å². The van der Waals surface area contributed by atoms with Crippen LogP contribution in [-0.4, -0.2) is 43.8 Å².